The molecule has 0 amide bonds. The van der Waals surface area contributed by atoms with Crippen LogP contribution < -0.4 is 0 Å². The molecule has 3 nitrogen and oxygen atoms in total. The predicted molar refractivity (Wildman–Crippen MR) is 87.5 cm³/mol. The van der Waals surface area contributed by atoms with Crippen LogP contribution in [0.25, 0.3) is 0 Å². The van der Waals surface area contributed by atoms with E-state index in [-0.39, 0.29) is 17.1 Å². The summed E-state index contributed by atoms with van der Waals surface area (Å²) in [5, 5.41) is 9.47. The van der Waals surface area contributed by atoms with Crippen molar-refractivity contribution in [1.29, 1.82) is 0 Å². The van der Waals surface area contributed by atoms with Gasteiger partial charge in [0.25, 0.3) is 0 Å². The molecule has 4 heteroatoms. The highest BCUT2D eigenvalue weighted by Crippen LogP contribution is 2.39. The zero-order chi connectivity index (χ0) is 16.3. The largest absolute Gasteiger partial charge is 0.481 e. The number of carboxylic acids is 1. The minimum absolute atomic E-state index is 0.0982. The van der Waals surface area contributed by atoms with Crippen LogP contribution in [0.15, 0.2) is 0 Å². The molecule has 0 aliphatic rings. The first-order chi connectivity index (χ1) is 8.79. The van der Waals surface area contributed by atoms with Crippen molar-refractivity contribution in [3.63, 3.8) is 0 Å². The van der Waals surface area contributed by atoms with Crippen molar-refractivity contribution in [1.82, 2.24) is 0 Å². The Bertz CT molecular complexity index is 318. The van der Waals surface area contributed by atoms with E-state index in [0.29, 0.717) is 5.92 Å². The van der Waals surface area contributed by atoms with E-state index in [4.69, 9.17) is 4.43 Å². The molecule has 0 fully saturated rings. The molecule has 0 aliphatic carbocycles. The van der Waals surface area contributed by atoms with Gasteiger partial charge in [-0.1, -0.05) is 41.5 Å². The standard InChI is InChI=1S/C16H34O3Si/c1-11(2)10-12(3)14(13(4)15(17)18)19-20(8,9)16(5,6)7/h11-14H,10H2,1-9H3,(H,17,18)/t12-,13+,14+/m0/s1. The number of hydrogen-bond donors (Lipinski definition) is 1. The van der Waals surface area contributed by atoms with Crippen molar-refractivity contribution < 1.29 is 14.3 Å². The van der Waals surface area contributed by atoms with E-state index in [0.717, 1.165) is 6.42 Å². The number of carboxylic acid groups (broad SMARTS) is 1. The number of carbonyl (C=O) groups is 1. The van der Waals surface area contributed by atoms with E-state index in [1.54, 1.807) is 6.92 Å². The Morgan fingerprint density at radius 1 is 1.15 bits per heavy atom. The molecule has 0 unspecified atom stereocenters. The zero-order valence-corrected chi connectivity index (χ0v) is 15.8. The van der Waals surface area contributed by atoms with Gasteiger partial charge in [0.15, 0.2) is 8.32 Å². The lowest BCUT2D eigenvalue weighted by molar-refractivity contribution is -0.145. The molecule has 0 rings (SSSR count). The molecular weight excluding hydrogens is 268 g/mol. The summed E-state index contributed by atoms with van der Waals surface area (Å²) >= 11 is 0. The van der Waals surface area contributed by atoms with E-state index in [2.05, 4.69) is 54.6 Å². The number of aliphatic carboxylic acids is 1. The molecule has 1 N–H and O–H groups in total. The Morgan fingerprint density at radius 2 is 1.60 bits per heavy atom. The average molecular weight is 303 g/mol. The van der Waals surface area contributed by atoms with Crippen LogP contribution in [-0.4, -0.2) is 25.5 Å². The van der Waals surface area contributed by atoms with Crippen molar-refractivity contribution in [2.24, 2.45) is 17.8 Å². The summed E-state index contributed by atoms with van der Waals surface area (Å²) in [7, 11) is -1.95. The second-order valence-electron chi connectivity index (χ2n) is 8.08. The Labute approximate surface area is 126 Å². The monoisotopic (exact) mass is 302 g/mol. The maximum Gasteiger partial charge on any atom is 0.308 e. The van der Waals surface area contributed by atoms with Crippen molar-refractivity contribution in [2.45, 2.75) is 79.1 Å². The topological polar surface area (TPSA) is 46.5 Å². The molecule has 0 bridgehead atoms. The molecule has 0 aromatic rings. The molecule has 0 radical (unpaired) electrons. The van der Waals surface area contributed by atoms with Crippen LogP contribution in [0.1, 0.15) is 54.9 Å². The lowest BCUT2D eigenvalue weighted by Gasteiger charge is -2.42. The van der Waals surface area contributed by atoms with Crippen molar-refractivity contribution in [2.75, 3.05) is 0 Å². The van der Waals surface area contributed by atoms with E-state index >= 15 is 0 Å². The van der Waals surface area contributed by atoms with Crippen LogP contribution in [0.5, 0.6) is 0 Å². The molecule has 3 atom stereocenters. The SMILES string of the molecule is CC(C)C[C@H](C)[C@@H](O[Si](C)(C)C(C)(C)C)[C@@H](C)C(=O)O. The first-order valence-corrected chi connectivity index (χ1v) is 10.6. The fraction of sp³-hybridized carbons (Fsp3) is 0.938. The van der Waals surface area contributed by atoms with Crippen LogP contribution in [-0.2, 0) is 9.22 Å². The molecule has 0 spiro atoms. The first kappa shape index (κ1) is 19.6. The summed E-state index contributed by atoms with van der Waals surface area (Å²) in [6.45, 7) is 19.2. The Kier molecular flexibility index (Phi) is 6.95. The van der Waals surface area contributed by atoms with Gasteiger partial charge in [-0.05, 0) is 43.3 Å². The maximum absolute atomic E-state index is 11.4. The van der Waals surface area contributed by atoms with Crippen LogP contribution in [0.2, 0.25) is 18.1 Å². The van der Waals surface area contributed by atoms with Crippen LogP contribution >= 0.6 is 0 Å². The van der Waals surface area contributed by atoms with E-state index in [1.165, 1.54) is 0 Å². The minimum atomic E-state index is -1.95. The van der Waals surface area contributed by atoms with E-state index < -0.39 is 20.2 Å². The maximum atomic E-state index is 11.4. The van der Waals surface area contributed by atoms with Gasteiger partial charge in [0.2, 0.25) is 0 Å². The molecular formula is C16H34O3Si. The lowest BCUT2D eigenvalue weighted by atomic mass is 9.87. The highest BCUT2D eigenvalue weighted by Gasteiger charge is 2.42. The fourth-order valence-electron chi connectivity index (χ4n) is 2.25. The molecule has 0 aromatic carbocycles. The summed E-state index contributed by atoms with van der Waals surface area (Å²) in [6, 6.07) is 0. The highest BCUT2D eigenvalue weighted by molar-refractivity contribution is 6.74. The van der Waals surface area contributed by atoms with Gasteiger partial charge in [0.05, 0.1) is 12.0 Å². The summed E-state index contributed by atoms with van der Waals surface area (Å²) in [5.41, 5.74) is 0. The van der Waals surface area contributed by atoms with Gasteiger partial charge in [-0.3, -0.25) is 4.79 Å². The van der Waals surface area contributed by atoms with E-state index in [1.807, 2.05) is 0 Å². The smallest absolute Gasteiger partial charge is 0.308 e. The second kappa shape index (κ2) is 7.08. The zero-order valence-electron chi connectivity index (χ0n) is 14.8. The molecule has 0 heterocycles. The number of hydrogen-bond acceptors (Lipinski definition) is 2. The quantitative estimate of drug-likeness (QED) is 0.688. The molecule has 20 heavy (non-hydrogen) atoms. The molecule has 0 saturated heterocycles. The summed E-state index contributed by atoms with van der Waals surface area (Å²) in [4.78, 5) is 11.4. The van der Waals surface area contributed by atoms with Gasteiger partial charge in [0.1, 0.15) is 0 Å². The Balaban J connectivity index is 5.19. The van der Waals surface area contributed by atoms with Crippen LogP contribution in [0.4, 0.5) is 0 Å². The van der Waals surface area contributed by atoms with Gasteiger partial charge in [-0.15, -0.1) is 0 Å². The third-order valence-corrected chi connectivity index (χ3v) is 9.00. The summed E-state index contributed by atoms with van der Waals surface area (Å²) in [5.74, 6) is -0.408. The van der Waals surface area contributed by atoms with E-state index in [9.17, 15) is 9.90 Å². The fourth-order valence-corrected chi connectivity index (χ4v) is 3.72. The van der Waals surface area contributed by atoms with Gasteiger partial charge >= 0.3 is 5.97 Å². The van der Waals surface area contributed by atoms with Gasteiger partial charge in [0, 0.05) is 0 Å². The average Bonchev–Trinajstić information content (AvgIpc) is 2.21. The van der Waals surface area contributed by atoms with Gasteiger partial charge < -0.3 is 9.53 Å². The molecule has 120 valence electrons. The normalized spacial score (nSPS) is 17.9. The highest BCUT2D eigenvalue weighted by atomic mass is 28.4. The third kappa shape index (κ3) is 5.56. The van der Waals surface area contributed by atoms with Gasteiger partial charge in [-0.2, -0.15) is 0 Å². The minimum Gasteiger partial charge on any atom is -0.481 e. The lowest BCUT2D eigenvalue weighted by Crippen LogP contribution is -2.48. The van der Waals surface area contributed by atoms with Gasteiger partial charge in [-0.25, -0.2) is 0 Å². The number of rotatable bonds is 7. The third-order valence-electron chi connectivity index (χ3n) is 4.52. The van der Waals surface area contributed by atoms with Crippen LogP contribution in [0.3, 0.4) is 0 Å². The van der Waals surface area contributed by atoms with Crippen molar-refractivity contribution in [3.05, 3.63) is 0 Å². The first-order valence-electron chi connectivity index (χ1n) is 7.70. The van der Waals surface area contributed by atoms with Crippen molar-refractivity contribution >= 4 is 14.3 Å². The van der Waals surface area contributed by atoms with Crippen LogP contribution in [0, 0.1) is 17.8 Å². The second-order valence-corrected chi connectivity index (χ2v) is 12.8. The summed E-state index contributed by atoms with van der Waals surface area (Å²) in [6.07, 6.45) is 0.799. The summed E-state index contributed by atoms with van der Waals surface area (Å²) < 4.78 is 6.45. The Hall–Kier alpha value is -0.353. The van der Waals surface area contributed by atoms with Crippen molar-refractivity contribution in [3.8, 4) is 0 Å². The molecule has 0 aliphatic heterocycles. The molecule has 0 saturated carbocycles. The Morgan fingerprint density at radius 3 is 1.90 bits per heavy atom. The predicted octanol–water partition coefficient (Wildman–Crippen LogP) is 4.78. The molecule has 0 aromatic heterocycles.